The molecule has 0 spiro atoms. The highest BCUT2D eigenvalue weighted by atomic mass is 79.9. The van der Waals surface area contributed by atoms with E-state index in [9.17, 15) is 9.90 Å². The van der Waals surface area contributed by atoms with Gasteiger partial charge in [-0.2, -0.15) is 0 Å². The number of carbonyl (C=O) groups excluding carboxylic acids is 1. The molecule has 1 unspecified atom stereocenters. The Morgan fingerprint density at radius 1 is 1.21 bits per heavy atom. The van der Waals surface area contributed by atoms with Crippen LogP contribution < -0.4 is 4.74 Å². The van der Waals surface area contributed by atoms with Gasteiger partial charge in [0.1, 0.15) is 18.0 Å². The summed E-state index contributed by atoms with van der Waals surface area (Å²) in [6, 6.07) is 11.5. The predicted molar refractivity (Wildman–Crippen MR) is 109 cm³/mol. The van der Waals surface area contributed by atoms with Crippen LogP contribution in [0.25, 0.3) is 10.9 Å². The minimum Gasteiger partial charge on any atom is -0.485 e. The quantitative estimate of drug-likeness (QED) is 0.631. The number of halogens is 1. The summed E-state index contributed by atoms with van der Waals surface area (Å²) in [5, 5.41) is 10.9. The van der Waals surface area contributed by atoms with Crippen molar-refractivity contribution in [2.24, 2.45) is 0 Å². The van der Waals surface area contributed by atoms with Crippen LogP contribution in [0.1, 0.15) is 41.0 Å². The van der Waals surface area contributed by atoms with E-state index in [1.54, 1.807) is 6.07 Å². The van der Waals surface area contributed by atoms with E-state index >= 15 is 0 Å². The molecule has 0 radical (unpaired) electrons. The molecule has 5 nitrogen and oxygen atoms in total. The van der Waals surface area contributed by atoms with Crippen molar-refractivity contribution in [2.45, 2.75) is 31.5 Å². The zero-order valence-corrected chi connectivity index (χ0v) is 17.2. The summed E-state index contributed by atoms with van der Waals surface area (Å²) in [4.78, 5) is 16.8. The van der Waals surface area contributed by atoms with Gasteiger partial charge in [-0.25, -0.2) is 0 Å². The van der Waals surface area contributed by atoms with Crippen LogP contribution in [-0.4, -0.2) is 41.3 Å². The summed E-state index contributed by atoms with van der Waals surface area (Å²) in [6.07, 6.45) is -1.02. The lowest BCUT2D eigenvalue weighted by Crippen LogP contribution is -2.32. The predicted octanol–water partition coefficient (Wildman–Crippen LogP) is 3.94. The molecule has 6 heteroatoms. The molecule has 2 aromatic carbocycles. The van der Waals surface area contributed by atoms with Crippen molar-refractivity contribution in [3.8, 4) is 5.75 Å². The molecule has 5 rings (SSSR count). The van der Waals surface area contributed by atoms with Crippen molar-refractivity contribution in [3.63, 3.8) is 0 Å². The first kappa shape index (κ1) is 17.9. The van der Waals surface area contributed by atoms with Crippen molar-refractivity contribution >= 4 is 32.6 Å². The molecule has 28 heavy (non-hydrogen) atoms. The fourth-order valence-electron chi connectivity index (χ4n) is 4.27. The Morgan fingerprint density at radius 3 is 2.79 bits per heavy atom. The number of rotatable bonds is 2. The Hall–Kier alpha value is -2.15. The zero-order valence-electron chi connectivity index (χ0n) is 15.6. The maximum absolute atomic E-state index is 13.3. The fraction of sp³-hybridized carbons (Fsp3) is 0.318. The van der Waals surface area contributed by atoms with Gasteiger partial charge >= 0.3 is 0 Å². The Bertz CT molecular complexity index is 1120. The SMILES string of the molecule is CC1(C)c2cc(O[C@H]3COCC3O)ccc2C(=O)c2c1[nH]c1cc(Br)ccc21. The number of hydrogen-bond acceptors (Lipinski definition) is 4. The maximum atomic E-state index is 13.3. The lowest BCUT2D eigenvalue weighted by molar-refractivity contribution is 0.0732. The number of aromatic amines is 1. The second-order valence-electron chi connectivity index (χ2n) is 7.99. The molecule has 2 aliphatic rings. The van der Waals surface area contributed by atoms with Gasteiger partial charge in [-0.05, 0) is 35.9 Å². The first-order chi connectivity index (χ1) is 13.4. The Kier molecular flexibility index (Phi) is 3.95. The minimum absolute atomic E-state index is 0.0219. The second kappa shape index (κ2) is 6.17. The maximum Gasteiger partial charge on any atom is 0.195 e. The summed E-state index contributed by atoms with van der Waals surface area (Å²) in [5.74, 6) is 0.658. The van der Waals surface area contributed by atoms with Gasteiger partial charge in [-0.3, -0.25) is 4.79 Å². The topological polar surface area (TPSA) is 71.5 Å². The van der Waals surface area contributed by atoms with E-state index in [-0.39, 0.29) is 18.5 Å². The van der Waals surface area contributed by atoms with Gasteiger partial charge in [0.05, 0.1) is 18.8 Å². The van der Waals surface area contributed by atoms with E-state index < -0.39 is 11.5 Å². The van der Waals surface area contributed by atoms with Gasteiger partial charge in [0, 0.05) is 32.0 Å². The smallest absolute Gasteiger partial charge is 0.195 e. The first-order valence-corrected chi connectivity index (χ1v) is 10.1. The number of aromatic nitrogens is 1. The number of ether oxygens (including phenoxy) is 2. The Morgan fingerprint density at radius 2 is 2.04 bits per heavy atom. The normalized spacial score (nSPS) is 22.9. The number of aliphatic hydroxyl groups is 1. The molecule has 1 aliphatic heterocycles. The molecular weight excluding hydrogens is 422 g/mol. The van der Waals surface area contributed by atoms with Crippen molar-refractivity contribution in [3.05, 3.63) is 63.3 Å². The van der Waals surface area contributed by atoms with Crippen LogP contribution in [0.15, 0.2) is 40.9 Å². The van der Waals surface area contributed by atoms with E-state index in [2.05, 4.69) is 34.8 Å². The van der Waals surface area contributed by atoms with Gasteiger partial charge in [0.25, 0.3) is 0 Å². The van der Waals surface area contributed by atoms with Gasteiger partial charge in [0.15, 0.2) is 5.78 Å². The number of benzene rings is 2. The van der Waals surface area contributed by atoms with Gasteiger partial charge in [-0.1, -0.05) is 35.8 Å². The van der Waals surface area contributed by atoms with Crippen LogP contribution in [0.5, 0.6) is 5.75 Å². The number of aliphatic hydroxyl groups excluding tert-OH is 1. The van der Waals surface area contributed by atoms with Crippen LogP contribution >= 0.6 is 15.9 Å². The molecule has 0 amide bonds. The molecule has 3 aromatic rings. The van der Waals surface area contributed by atoms with Crippen molar-refractivity contribution < 1.29 is 19.4 Å². The van der Waals surface area contributed by atoms with Crippen LogP contribution in [0.4, 0.5) is 0 Å². The molecule has 0 saturated carbocycles. The standard InChI is InChI=1S/C22H20BrNO4/c1-22(2)15-8-12(28-18-10-27-9-17(18)25)4-6-13(15)20(26)19-14-5-3-11(23)7-16(14)24-21(19)22/h3-8,17-18,24-25H,9-10H2,1-2H3/t17?,18-/m0/s1. The number of hydrogen-bond donors (Lipinski definition) is 2. The third kappa shape index (κ3) is 2.55. The molecule has 1 aromatic heterocycles. The summed E-state index contributed by atoms with van der Waals surface area (Å²) in [7, 11) is 0. The molecular formula is C22H20BrNO4. The van der Waals surface area contributed by atoms with Crippen LogP contribution in [0, 0.1) is 0 Å². The summed E-state index contributed by atoms with van der Waals surface area (Å²) >= 11 is 3.50. The summed E-state index contributed by atoms with van der Waals surface area (Å²) in [5.41, 5.74) is 3.82. The summed E-state index contributed by atoms with van der Waals surface area (Å²) in [6.45, 7) is 4.87. The van der Waals surface area contributed by atoms with E-state index in [1.807, 2.05) is 30.3 Å². The Balaban J connectivity index is 1.63. The molecule has 0 bridgehead atoms. The average molecular weight is 442 g/mol. The molecule has 1 saturated heterocycles. The van der Waals surface area contributed by atoms with Crippen molar-refractivity contribution in [1.29, 1.82) is 0 Å². The molecule has 1 aliphatic carbocycles. The van der Waals surface area contributed by atoms with Crippen molar-refractivity contribution in [1.82, 2.24) is 4.98 Å². The average Bonchev–Trinajstić information content (AvgIpc) is 3.24. The number of ketones is 1. The highest BCUT2D eigenvalue weighted by Crippen LogP contribution is 2.45. The van der Waals surface area contributed by atoms with Gasteiger partial charge in [-0.15, -0.1) is 0 Å². The first-order valence-electron chi connectivity index (χ1n) is 9.29. The number of fused-ring (bicyclic) bond motifs is 4. The van der Waals surface area contributed by atoms with Gasteiger partial charge in [0.2, 0.25) is 0 Å². The molecule has 2 heterocycles. The number of nitrogens with one attached hydrogen (secondary N) is 1. The molecule has 1 fully saturated rings. The highest BCUT2D eigenvalue weighted by molar-refractivity contribution is 9.10. The Labute approximate surface area is 170 Å². The zero-order chi connectivity index (χ0) is 19.6. The lowest BCUT2D eigenvalue weighted by atomic mass is 9.71. The minimum atomic E-state index is -0.635. The fourth-order valence-corrected chi connectivity index (χ4v) is 4.63. The molecule has 144 valence electrons. The van der Waals surface area contributed by atoms with E-state index in [1.165, 1.54) is 0 Å². The van der Waals surface area contributed by atoms with Gasteiger partial charge < -0.3 is 19.6 Å². The third-order valence-corrected chi connectivity index (χ3v) is 6.30. The van der Waals surface area contributed by atoms with E-state index in [4.69, 9.17) is 9.47 Å². The van der Waals surface area contributed by atoms with Crippen molar-refractivity contribution in [2.75, 3.05) is 13.2 Å². The second-order valence-corrected chi connectivity index (χ2v) is 8.90. The summed E-state index contributed by atoms with van der Waals surface area (Å²) < 4.78 is 12.2. The molecule has 2 atom stereocenters. The molecule has 2 N–H and O–H groups in total. The lowest BCUT2D eigenvalue weighted by Gasteiger charge is -2.32. The number of H-pyrrole nitrogens is 1. The largest absolute Gasteiger partial charge is 0.485 e. The van der Waals surface area contributed by atoms with Crippen LogP contribution in [0.3, 0.4) is 0 Å². The number of carbonyl (C=O) groups is 1. The van der Waals surface area contributed by atoms with E-state index in [0.717, 1.165) is 32.2 Å². The third-order valence-electron chi connectivity index (χ3n) is 5.81. The monoisotopic (exact) mass is 441 g/mol. The van der Waals surface area contributed by atoms with E-state index in [0.29, 0.717) is 17.9 Å². The van der Waals surface area contributed by atoms with Crippen LogP contribution in [0.2, 0.25) is 0 Å². The highest BCUT2D eigenvalue weighted by Gasteiger charge is 2.40. The van der Waals surface area contributed by atoms with Crippen LogP contribution in [-0.2, 0) is 10.2 Å².